The number of rotatable bonds is 4. The molecule has 0 aliphatic rings. The third-order valence-electron chi connectivity index (χ3n) is 2.24. The largest absolute Gasteiger partial charge is 0.445 e. The quantitative estimate of drug-likeness (QED) is 0.609. The number of hydrogen-bond acceptors (Lipinski definition) is 3. The monoisotopic (exact) mass is 265 g/mol. The second-order valence-corrected chi connectivity index (χ2v) is 4.56. The summed E-state index contributed by atoms with van der Waals surface area (Å²) in [6, 6.07) is 8.30. The molecule has 0 saturated heterocycles. The highest BCUT2D eigenvalue weighted by molar-refractivity contribution is 7.98. The van der Waals surface area contributed by atoms with Gasteiger partial charge in [-0.3, -0.25) is 0 Å². The van der Waals surface area contributed by atoms with Crippen LogP contribution in [0.25, 0.3) is 12.2 Å². The van der Waals surface area contributed by atoms with Gasteiger partial charge in [-0.25, -0.2) is 4.98 Å². The summed E-state index contributed by atoms with van der Waals surface area (Å²) in [5.41, 5.74) is 1.87. The van der Waals surface area contributed by atoms with Crippen molar-refractivity contribution in [1.29, 1.82) is 0 Å². The second kappa shape index (κ2) is 5.94. The summed E-state index contributed by atoms with van der Waals surface area (Å²) in [5, 5.41) is 0. The fourth-order valence-electron chi connectivity index (χ4n) is 1.34. The molecule has 0 aliphatic heterocycles. The minimum absolute atomic E-state index is 0.375. The normalized spacial score (nSPS) is 11.2. The van der Waals surface area contributed by atoms with Crippen LogP contribution in [0.4, 0.5) is 0 Å². The zero-order chi connectivity index (χ0) is 12.1. The molecule has 0 N–H and O–H groups in total. The predicted molar refractivity (Wildman–Crippen MR) is 73.2 cm³/mol. The van der Waals surface area contributed by atoms with E-state index in [1.165, 1.54) is 4.90 Å². The van der Waals surface area contributed by atoms with Crippen LogP contribution in [-0.4, -0.2) is 11.2 Å². The Morgan fingerprint density at radius 3 is 2.65 bits per heavy atom. The Hall–Kier alpha value is -1.19. The molecular formula is C13H12ClNOS. The van der Waals surface area contributed by atoms with Gasteiger partial charge in [0.25, 0.3) is 0 Å². The highest BCUT2D eigenvalue weighted by Crippen LogP contribution is 2.16. The van der Waals surface area contributed by atoms with Crippen LogP contribution in [0.3, 0.4) is 0 Å². The molecule has 0 unspecified atom stereocenters. The number of benzene rings is 1. The number of halogens is 1. The molecule has 0 spiro atoms. The summed E-state index contributed by atoms with van der Waals surface area (Å²) in [6.07, 6.45) is 7.44. The Bertz CT molecular complexity index is 504. The van der Waals surface area contributed by atoms with Gasteiger partial charge in [-0.15, -0.1) is 23.4 Å². The average molecular weight is 266 g/mol. The molecule has 1 aromatic heterocycles. The SMILES string of the molecule is CSc1ccc(C=Cc2nc(CCl)co2)cc1. The third-order valence-corrected chi connectivity index (χ3v) is 3.26. The van der Waals surface area contributed by atoms with Crippen LogP contribution in [0, 0.1) is 0 Å². The summed E-state index contributed by atoms with van der Waals surface area (Å²) < 4.78 is 5.24. The van der Waals surface area contributed by atoms with E-state index in [0.29, 0.717) is 11.8 Å². The van der Waals surface area contributed by atoms with E-state index in [-0.39, 0.29) is 0 Å². The first kappa shape index (κ1) is 12.3. The van der Waals surface area contributed by atoms with Crippen molar-refractivity contribution >= 4 is 35.5 Å². The van der Waals surface area contributed by atoms with Crippen molar-refractivity contribution in [3.8, 4) is 0 Å². The first-order valence-corrected chi connectivity index (χ1v) is 6.90. The number of nitrogens with zero attached hydrogens (tertiary/aromatic N) is 1. The summed E-state index contributed by atoms with van der Waals surface area (Å²) in [6.45, 7) is 0. The molecular weight excluding hydrogens is 254 g/mol. The van der Waals surface area contributed by atoms with Gasteiger partial charge >= 0.3 is 0 Å². The minimum Gasteiger partial charge on any atom is -0.445 e. The molecule has 0 fully saturated rings. The van der Waals surface area contributed by atoms with Crippen LogP contribution >= 0.6 is 23.4 Å². The van der Waals surface area contributed by atoms with Crippen molar-refractivity contribution in [1.82, 2.24) is 4.98 Å². The lowest BCUT2D eigenvalue weighted by atomic mass is 10.2. The molecule has 0 bridgehead atoms. The van der Waals surface area contributed by atoms with E-state index in [9.17, 15) is 0 Å². The molecule has 2 nitrogen and oxygen atoms in total. The van der Waals surface area contributed by atoms with E-state index in [0.717, 1.165) is 11.3 Å². The van der Waals surface area contributed by atoms with Crippen molar-refractivity contribution < 1.29 is 4.42 Å². The van der Waals surface area contributed by atoms with Crippen molar-refractivity contribution in [2.45, 2.75) is 10.8 Å². The van der Waals surface area contributed by atoms with Gasteiger partial charge in [0, 0.05) is 11.0 Å². The maximum absolute atomic E-state index is 5.64. The molecule has 2 rings (SSSR count). The van der Waals surface area contributed by atoms with Crippen molar-refractivity contribution in [3.05, 3.63) is 47.7 Å². The fraction of sp³-hybridized carbons (Fsp3) is 0.154. The van der Waals surface area contributed by atoms with Crippen molar-refractivity contribution in [2.75, 3.05) is 6.26 Å². The van der Waals surface area contributed by atoms with Gasteiger partial charge in [0.2, 0.25) is 5.89 Å². The summed E-state index contributed by atoms with van der Waals surface area (Å²) in [7, 11) is 0. The Labute approximate surface area is 110 Å². The molecule has 0 saturated carbocycles. The van der Waals surface area contributed by atoms with Crippen LogP contribution in [0.2, 0.25) is 0 Å². The minimum atomic E-state index is 0.375. The Balaban J connectivity index is 2.08. The molecule has 0 atom stereocenters. The zero-order valence-electron chi connectivity index (χ0n) is 9.39. The highest BCUT2D eigenvalue weighted by atomic mass is 35.5. The Morgan fingerprint density at radius 2 is 2.06 bits per heavy atom. The highest BCUT2D eigenvalue weighted by Gasteiger charge is 1.98. The number of alkyl halides is 1. The summed E-state index contributed by atoms with van der Waals surface area (Å²) in [5.74, 6) is 0.953. The number of oxazole rings is 1. The van der Waals surface area contributed by atoms with E-state index in [1.54, 1.807) is 18.0 Å². The number of aromatic nitrogens is 1. The first-order valence-electron chi connectivity index (χ1n) is 5.14. The third kappa shape index (κ3) is 3.38. The maximum Gasteiger partial charge on any atom is 0.218 e. The Kier molecular flexibility index (Phi) is 4.29. The average Bonchev–Trinajstić information content (AvgIpc) is 2.85. The molecule has 1 aromatic carbocycles. The number of thioether (sulfide) groups is 1. The lowest BCUT2D eigenvalue weighted by Gasteiger charge is -1.96. The van der Waals surface area contributed by atoms with Crippen molar-refractivity contribution in [2.24, 2.45) is 0 Å². The van der Waals surface area contributed by atoms with E-state index >= 15 is 0 Å². The van der Waals surface area contributed by atoms with Crippen LogP contribution in [-0.2, 0) is 5.88 Å². The van der Waals surface area contributed by atoms with Crippen LogP contribution in [0.5, 0.6) is 0 Å². The molecule has 1 heterocycles. The van der Waals surface area contributed by atoms with Gasteiger partial charge in [-0.05, 0) is 30.0 Å². The smallest absolute Gasteiger partial charge is 0.218 e. The first-order chi connectivity index (χ1) is 8.31. The molecule has 88 valence electrons. The van der Waals surface area contributed by atoms with Gasteiger partial charge in [0.1, 0.15) is 6.26 Å². The fourth-order valence-corrected chi connectivity index (χ4v) is 1.87. The lowest BCUT2D eigenvalue weighted by Crippen LogP contribution is -1.77. The number of hydrogen-bond donors (Lipinski definition) is 0. The second-order valence-electron chi connectivity index (χ2n) is 3.42. The molecule has 4 heteroatoms. The predicted octanol–water partition coefficient (Wildman–Crippen LogP) is 4.31. The molecule has 0 aliphatic carbocycles. The van der Waals surface area contributed by atoms with Crippen LogP contribution < -0.4 is 0 Å². The summed E-state index contributed by atoms with van der Waals surface area (Å²) in [4.78, 5) is 5.44. The van der Waals surface area contributed by atoms with Gasteiger partial charge in [0.15, 0.2) is 0 Å². The molecule has 17 heavy (non-hydrogen) atoms. The zero-order valence-corrected chi connectivity index (χ0v) is 11.0. The molecule has 0 radical (unpaired) electrons. The standard InChI is InChI=1S/C13H12ClNOS/c1-17-12-5-2-10(3-6-12)4-7-13-15-11(8-14)9-16-13/h2-7,9H,8H2,1H3. The van der Waals surface area contributed by atoms with Gasteiger partial charge in [0.05, 0.1) is 11.6 Å². The lowest BCUT2D eigenvalue weighted by molar-refractivity contribution is 0.546. The van der Waals surface area contributed by atoms with E-state index < -0.39 is 0 Å². The van der Waals surface area contributed by atoms with Crippen molar-refractivity contribution in [3.63, 3.8) is 0 Å². The van der Waals surface area contributed by atoms with Gasteiger partial charge in [-0.2, -0.15) is 0 Å². The van der Waals surface area contributed by atoms with E-state index in [4.69, 9.17) is 16.0 Å². The van der Waals surface area contributed by atoms with E-state index in [1.807, 2.05) is 12.2 Å². The topological polar surface area (TPSA) is 26.0 Å². The van der Waals surface area contributed by atoms with Crippen LogP contribution in [0.15, 0.2) is 39.8 Å². The summed E-state index contributed by atoms with van der Waals surface area (Å²) >= 11 is 7.37. The van der Waals surface area contributed by atoms with Crippen LogP contribution in [0.1, 0.15) is 17.1 Å². The Morgan fingerprint density at radius 1 is 1.29 bits per heavy atom. The van der Waals surface area contributed by atoms with E-state index in [2.05, 4.69) is 35.5 Å². The molecule has 2 aromatic rings. The van der Waals surface area contributed by atoms with Gasteiger partial charge in [-0.1, -0.05) is 12.1 Å². The molecule has 0 amide bonds. The maximum atomic E-state index is 5.64. The van der Waals surface area contributed by atoms with Gasteiger partial charge < -0.3 is 4.42 Å².